The van der Waals surface area contributed by atoms with Crippen molar-refractivity contribution in [2.75, 3.05) is 20.4 Å². The lowest BCUT2D eigenvalue weighted by atomic mass is 10.2. The number of methoxy groups -OCH3 is 1. The van der Waals surface area contributed by atoms with Crippen LogP contribution in [0.2, 0.25) is 0 Å². The molecule has 8 heteroatoms. The van der Waals surface area contributed by atoms with E-state index in [1.54, 1.807) is 20.8 Å². The molecule has 0 fully saturated rings. The van der Waals surface area contributed by atoms with E-state index in [0.717, 1.165) is 0 Å². The van der Waals surface area contributed by atoms with E-state index in [1.807, 2.05) is 0 Å². The highest BCUT2D eigenvalue weighted by molar-refractivity contribution is 7.39. The Kier molecular flexibility index (Phi) is 7.71. The van der Waals surface area contributed by atoms with Crippen molar-refractivity contribution < 1.29 is 28.2 Å². The number of ether oxygens (including phenoxy) is 2. The van der Waals surface area contributed by atoms with Gasteiger partial charge in [-0.3, -0.25) is 4.57 Å². The van der Waals surface area contributed by atoms with Crippen molar-refractivity contribution in [3.8, 4) is 0 Å². The SMILES string of the molecule is COC(=O)C(CC[PH](=O)OC)NC(=O)OC(C)(C)C. The molecule has 2 unspecified atom stereocenters. The van der Waals surface area contributed by atoms with Crippen molar-refractivity contribution in [1.82, 2.24) is 5.32 Å². The van der Waals surface area contributed by atoms with Crippen LogP contribution in [0.1, 0.15) is 27.2 Å². The first-order valence-electron chi connectivity index (χ1n) is 5.83. The predicted molar refractivity (Wildman–Crippen MR) is 70.7 cm³/mol. The van der Waals surface area contributed by atoms with E-state index in [-0.39, 0.29) is 12.6 Å². The minimum atomic E-state index is -2.18. The van der Waals surface area contributed by atoms with Crippen LogP contribution in [0.15, 0.2) is 0 Å². The maximum absolute atomic E-state index is 11.6. The topological polar surface area (TPSA) is 90.9 Å². The average Bonchev–Trinajstić information content (AvgIpc) is 2.30. The Morgan fingerprint density at radius 2 is 1.84 bits per heavy atom. The van der Waals surface area contributed by atoms with Crippen LogP contribution in [0, 0.1) is 0 Å². The van der Waals surface area contributed by atoms with Crippen LogP contribution in [-0.2, 0) is 23.4 Å². The lowest BCUT2D eigenvalue weighted by Gasteiger charge is -2.22. The summed E-state index contributed by atoms with van der Waals surface area (Å²) < 4.78 is 25.5. The molecule has 0 bridgehead atoms. The van der Waals surface area contributed by atoms with E-state index in [9.17, 15) is 14.2 Å². The van der Waals surface area contributed by atoms with Gasteiger partial charge in [0.2, 0.25) is 0 Å². The van der Waals surface area contributed by atoms with Crippen LogP contribution in [0.25, 0.3) is 0 Å². The van der Waals surface area contributed by atoms with Crippen LogP contribution >= 0.6 is 8.03 Å². The molecule has 2 atom stereocenters. The van der Waals surface area contributed by atoms with Gasteiger partial charge in [-0.15, -0.1) is 0 Å². The summed E-state index contributed by atoms with van der Waals surface area (Å²) >= 11 is 0. The van der Waals surface area contributed by atoms with Crippen molar-refractivity contribution in [1.29, 1.82) is 0 Å². The van der Waals surface area contributed by atoms with Crippen LogP contribution in [0.5, 0.6) is 0 Å². The lowest BCUT2D eigenvalue weighted by molar-refractivity contribution is -0.143. The molecule has 0 heterocycles. The van der Waals surface area contributed by atoms with Crippen LogP contribution in [0.4, 0.5) is 4.79 Å². The second kappa shape index (κ2) is 8.17. The van der Waals surface area contributed by atoms with E-state index in [2.05, 4.69) is 14.6 Å². The molecule has 0 aliphatic heterocycles. The molecule has 0 aromatic heterocycles. The zero-order chi connectivity index (χ0) is 15.1. The third-order valence-corrected chi connectivity index (χ3v) is 3.19. The van der Waals surface area contributed by atoms with Gasteiger partial charge in [0.25, 0.3) is 0 Å². The third kappa shape index (κ3) is 8.61. The van der Waals surface area contributed by atoms with Crippen LogP contribution in [-0.4, -0.2) is 44.1 Å². The van der Waals surface area contributed by atoms with E-state index in [0.29, 0.717) is 0 Å². The van der Waals surface area contributed by atoms with Gasteiger partial charge in [0.05, 0.1) is 7.11 Å². The number of alkyl carbamates (subject to hydrolysis) is 1. The normalized spacial score (nSPS) is 14.4. The molecular formula is C11H22NO6P. The van der Waals surface area contributed by atoms with Crippen LogP contribution < -0.4 is 5.32 Å². The summed E-state index contributed by atoms with van der Waals surface area (Å²) in [4.78, 5) is 23.1. The highest BCUT2D eigenvalue weighted by Gasteiger charge is 2.25. The standard InChI is InChI=1S/C11H22NO6P/c1-11(2,3)18-10(14)12-8(9(13)16-4)6-7-19(15)17-5/h8,19H,6-7H2,1-5H3,(H,12,14). The Hall–Kier alpha value is -1.07. The van der Waals surface area contributed by atoms with Gasteiger partial charge in [-0.1, -0.05) is 0 Å². The zero-order valence-corrected chi connectivity index (χ0v) is 12.9. The maximum Gasteiger partial charge on any atom is 0.408 e. The molecular weight excluding hydrogens is 273 g/mol. The molecule has 7 nitrogen and oxygen atoms in total. The molecule has 0 radical (unpaired) electrons. The maximum atomic E-state index is 11.6. The Labute approximate surface area is 113 Å². The smallest absolute Gasteiger partial charge is 0.408 e. The largest absolute Gasteiger partial charge is 0.467 e. The number of esters is 1. The van der Waals surface area contributed by atoms with Gasteiger partial charge >= 0.3 is 12.1 Å². The highest BCUT2D eigenvalue weighted by Crippen LogP contribution is 2.22. The number of hydrogen-bond donors (Lipinski definition) is 1. The van der Waals surface area contributed by atoms with Gasteiger partial charge in [0, 0.05) is 13.3 Å². The first-order chi connectivity index (χ1) is 8.69. The summed E-state index contributed by atoms with van der Waals surface area (Å²) in [6.45, 7) is 5.14. The quantitative estimate of drug-likeness (QED) is 0.590. The van der Waals surface area contributed by atoms with Gasteiger partial charge in [0.1, 0.15) is 11.6 Å². The Bertz CT molecular complexity index is 339. The molecule has 0 rings (SSSR count). The van der Waals surface area contributed by atoms with Crippen molar-refractivity contribution in [2.45, 2.75) is 38.8 Å². The van der Waals surface area contributed by atoms with Crippen molar-refractivity contribution >= 4 is 20.1 Å². The molecule has 0 aliphatic rings. The molecule has 0 spiro atoms. The zero-order valence-electron chi connectivity index (χ0n) is 11.9. The average molecular weight is 295 g/mol. The number of carbonyl (C=O) groups excluding carboxylic acids is 2. The third-order valence-electron chi connectivity index (χ3n) is 2.04. The summed E-state index contributed by atoms with van der Waals surface area (Å²) in [7, 11) is 0.358. The van der Waals surface area contributed by atoms with Crippen LogP contribution in [0.3, 0.4) is 0 Å². The number of hydrogen-bond acceptors (Lipinski definition) is 6. The van der Waals surface area contributed by atoms with Gasteiger partial charge in [-0.25, -0.2) is 9.59 Å². The summed E-state index contributed by atoms with van der Waals surface area (Å²) in [6, 6.07) is -0.899. The lowest BCUT2D eigenvalue weighted by Crippen LogP contribution is -2.44. The fourth-order valence-electron chi connectivity index (χ4n) is 1.21. The van der Waals surface area contributed by atoms with Crippen molar-refractivity contribution in [3.63, 3.8) is 0 Å². The van der Waals surface area contributed by atoms with Crippen molar-refractivity contribution in [2.24, 2.45) is 0 Å². The molecule has 0 aromatic rings. The Morgan fingerprint density at radius 3 is 2.26 bits per heavy atom. The fourth-order valence-corrected chi connectivity index (χ4v) is 1.93. The predicted octanol–water partition coefficient (Wildman–Crippen LogP) is 1.56. The van der Waals surface area contributed by atoms with Gasteiger partial charge in [-0.2, -0.15) is 0 Å². The van der Waals surface area contributed by atoms with E-state index < -0.39 is 31.7 Å². The Morgan fingerprint density at radius 1 is 1.26 bits per heavy atom. The monoisotopic (exact) mass is 295 g/mol. The van der Waals surface area contributed by atoms with E-state index in [4.69, 9.17) is 4.74 Å². The molecule has 0 saturated heterocycles. The summed E-state index contributed by atoms with van der Waals surface area (Å²) in [5, 5.41) is 2.39. The first-order valence-corrected chi connectivity index (χ1v) is 7.36. The molecule has 112 valence electrons. The molecule has 1 N–H and O–H groups in total. The minimum Gasteiger partial charge on any atom is -0.467 e. The molecule has 0 aromatic carbocycles. The number of rotatable bonds is 6. The molecule has 19 heavy (non-hydrogen) atoms. The van der Waals surface area contributed by atoms with E-state index >= 15 is 0 Å². The summed E-state index contributed by atoms with van der Waals surface area (Å²) in [5.41, 5.74) is -0.662. The fraction of sp³-hybridized carbons (Fsp3) is 0.818. The first kappa shape index (κ1) is 17.9. The van der Waals surface area contributed by atoms with Crippen molar-refractivity contribution in [3.05, 3.63) is 0 Å². The molecule has 0 aliphatic carbocycles. The number of amides is 1. The number of nitrogens with one attached hydrogen (secondary N) is 1. The highest BCUT2D eigenvalue weighted by atomic mass is 31.1. The second-order valence-electron chi connectivity index (χ2n) is 4.84. The van der Waals surface area contributed by atoms with Gasteiger partial charge < -0.3 is 19.3 Å². The van der Waals surface area contributed by atoms with Gasteiger partial charge in [0.15, 0.2) is 8.03 Å². The summed E-state index contributed by atoms with van der Waals surface area (Å²) in [5.74, 6) is -0.614. The second-order valence-corrected chi connectivity index (χ2v) is 6.49. The molecule has 0 saturated carbocycles. The minimum absolute atomic E-state index is 0.164. The Balaban J connectivity index is 4.47. The van der Waals surface area contributed by atoms with E-state index in [1.165, 1.54) is 14.2 Å². The number of carbonyl (C=O) groups is 2. The van der Waals surface area contributed by atoms with Gasteiger partial charge in [-0.05, 0) is 27.2 Å². The summed E-state index contributed by atoms with van der Waals surface area (Å²) in [6.07, 6.45) is -0.381. The molecule has 1 amide bonds.